The molecule has 0 bridgehead atoms. The van der Waals surface area contributed by atoms with E-state index in [1.807, 2.05) is 23.7 Å². The van der Waals surface area contributed by atoms with E-state index in [9.17, 15) is 4.79 Å². The number of halogens is 2. The molecule has 0 unspecified atom stereocenters. The summed E-state index contributed by atoms with van der Waals surface area (Å²) in [6, 6.07) is 5.41. The molecule has 3 rings (SSSR count). The van der Waals surface area contributed by atoms with Crippen molar-refractivity contribution in [2.75, 3.05) is 5.32 Å². The summed E-state index contributed by atoms with van der Waals surface area (Å²) >= 11 is 7.74. The summed E-state index contributed by atoms with van der Waals surface area (Å²) in [6.45, 7) is 0. The Kier molecular flexibility index (Phi) is 6.14. The molecule has 1 aromatic carbocycles. The predicted molar refractivity (Wildman–Crippen MR) is 97.8 cm³/mol. The lowest BCUT2D eigenvalue weighted by Crippen LogP contribution is -2.48. The highest BCUT2D eigenvalue weighted by Gasteiger charge is 2.36. The maximum absolute atomic E-state index is 12.3. The molecule has 1 fully saturated rings. The molecule has 0 atom stereocenters. The molecule has 24 heavy (non-hydrogen) atoms. The molecular weight excluding hydrogens is 369 g/mol. The molecule has 1 heterocycles. The number of aromatic nitrogens is 3. The van der Waals surface area contributed by atoms with Gasteiger partial charge in [0.15, 0.2) is 5.16 Å². The van der Waals surface area contributed by atoms with Gasteiger partial charge in [-0.05, 0) is 42.8 Å². The standard InChI is InChI=1S/C15H18ClN5OS.ClH/c1-21-9-18-20-14(21)23-12-5-4-10(8-11(12)16)19-13(22)15(17)6-2-3-7-15;/h4-5,8-9H,2-3,6-7,17H2,1H3,(H,19,22);1H. The van der Waals surface area contributed by atoms with Crippen LogP contribution < -0.4 is 11.1 Å². The number of hydrogen-bond donors (Lipinski definition) is 2. The summed E-state index contributed by atoms with van der Waals surface area (Å²) in [6.07, 6.45) is 5.09. The van der Waals surface area contributed by atoms with Crippen LogP contribution in [0.25, 0.3) is 0 Å². The Morgan fingerprint density at radius 1 is 1.42 bits per heavy atom. The van der Waals surface area contributed by atoms with Crippen LogP contribution in [0.15, 0.2) is 34.6 Å². The fraction of sp³-hybridized carbons (Fsp3) is 0.400. The zero-order valence-corrected chi connectivity index (χ0v) is 15.5. The molecule has 1 aliphatic carbocycles. The third-order valence-electron chi connectivity index (χ3n) is 4.01. The normalized spacial score (nSPS) is 15.8. The van der Waals surface area contributed by atoms with Gasteiger partial charge in [0.1, 0.15) is 6.33 Å². The third kappa shape index (κ3) is 4.03. The predicted octanol–water partition coefficient (Wildman–Crippen LogP) is 3.25. The van der Waals surface area contributed by atoms with Crippen LogP contribution in [0.3, 0.4) is 0 Å². The Morgan fingerprint density at radius 2 is 2.12 bits per heavy atom. The van der Waals surface area contributed by atoms with Crippen LogP contribution in [-0.2, 0) is 11.8 Å². The number of nitrogens with two attached hydrogens (primary N) is 1. The number of anilines is 1. The van der Waals surface area contributed by atoms with Crippen molar-refractivity contribution in [3.05, 3.63) is 29.5 Å². The minimum atomic E-state index is -0.751. The minimum Gasteiger partial charge on any atom is -0.324 e. The molecule has 0 saturated heterocycles. The molecule has 0 spiro atoms. The third-order valence-corrected chi connectivity index (χ3v) is 5.56. The molecule has 1 aromatic heterocycles. The van der Waals surface area contributed by atoms with Gasteiger partial charge >= 0.3 is 0 Å². The van der Waals surface area contributed by atoms with E-state index >= 15 is 0 Å². The monoisotopic (exact) mass is 387 g/mol. The lowest BCUT2D eigenvalue weighted by Gasteiger charge is -2.22. The maximum Gasteiger partial charge on any atom is 0.244 e. The van der Waals surface area contributed by atoms with Gasteiger partial charge < -0.3 is 15.6 Å². The number of carbonyl (C=O) groups excluding carboxylic acids is 1. The second-order valence-electron chi connectivity index (χ2n) is 5.79. The zero-order valence-electron chi connectivity index (χ0n) is 13.2. The zero-order chi connectivity index (χ0) is 16.4. The quantitative estimate of drug-likeness (QED) is 0.840. The van der Waals surface area contributed by atoms with E-state index in [1.54, 1.807) is 12.4 Å². The van der Waals surface area contributed by atoms with Crippen molar-refractivity contribution in [2.45, 2.75) is 41.3 Å². The molecule has 9 heteroatoms. The van der Waals surface area contributed by atoms with Gasteiger partial charge in [-0.15, -0.1) is 22.6 Å². The molecule has 2 aromatic rings. The molecule has 3 N–H and O–H groups in total. The molecule has 0 radical (unpaired) electrons. The highest BCUT2D eigenvalue weighted by atomic mass is 35.5. The first kappa shape index (κ1) is 19.1. The average molecular weight is 388 g/mol. The van der Waals surface area contributed by atoms with Crippen LogP contribution in [-0.4, -0.2) is 26.2 Å². The minimum absolute atomic E-state index is 0. The van der Waals surface area contributed by atoms with E-state index in [1.165, 1.54) is 11.8 Å². The van der Waals surface area contributed by atoms with E-state index in [0.29, 0.717) is 10.7 Å². The Bertz CT molecular complexity index is 730. The van der Waals surface area contributed by atoms with Crippen LogP contribution in [0.1, 0.15) is 25.7 Å². The fourth-order valence-corrected chi connectivity index (χ4v) is 3.68. The van der Waals surface area contributed by atoms with E-state index in [0.717, 1.165) is 35.7 Å². The molecule has 1 saturated carbocycles. The number of hydrogen-bond acceptors (Lipinski definition) is 5. The smallest absolute Gasteiger partial charge is 0.244 e. The Labute approximate surface area is 155 Å². The molecule has 6 nitrogen and oxygen atoms in total. The fourth-order valence-electron chi connectivity index (χ4n) is 2.61. The summed E-state index contributed by atoms with van der Waals surface area (Å²) in [5.74, 6) is -0.139. The molecule has 130 valence electrons. The van der Waals surface area contributed by atoms with Crippen molar-refractivity contribution in [1.29, 1.82) is 0 Å². The Balaban J connectivity index is 0.00000208. The van der Waals surface area contributed by atoms with Gasteiger partial charge in [-0.25, -0.2) is 0 Å². The second kappa shape index (κ2) is 7.74. The number of nitrogens with one attached hydrogen (secondary N) is 1. The number of aryl methyl sites for hydroxylation is 1. The van der Waals surface area contributed by atoms with Gasteiger partial charge in [0.05, 0.1) is 10.6 Å². The van der Waals surface area contributed by atoms with Gasteiger partial charge in [-0.3, -0.25) is 4.79 Å². The van der Waals surface area contributed by atoms with Crippen molar-refractivity contribution in [3.8, 4) is 0 Å². The number of benzene rings is 1. The van der Waals surface area contributed by atoms with Crippen molar-refractivity contribution in [2.24, 2.45) is 12.8 Å². The first-order valence-electron chi connectivity index (χ1n) is 7.40. The molecule has 0 aliphatic heterocycles. The summed E-state index contributed by atoms with van der Waals surface area (Å²) in [7, 11) is 1.87. The maximum atomic E-state index is 12.3. The summed E-state index contributed by atoms with van der Waals surface area (Å²) in [4.78, 5) is 13.2. The van der Waals surface area contributed by atoms with Gasteiger partial charge in [-0.2, -0.15) is 0 Å². The summed E-state index contributed by atoms with van der Waals surface area (Å²) in [5, 5.41) is 12.0. The topological polar surface area (TPSA) is 85.8 Å². The summed E-state index contributed by atoms with van der Waals surface area (Å²) < 4.78 is 1.81. The van der Waals surface area contributed by atoms with E-state index in [-0.39, 0.29) is 18.3 Å². The van der Waals surface area contributed by atoms with Gasteiger partial charge in [0, 0.05) is 17.6 Å². The molecule has 1 aliphatic rings. The van der Waals surface area contributed by atoms with Crippen molar-refractivity contribution in [3.63, 3.8) is 0 Å². The van der Waals surface area contributed by atoms with E-state index in [4.69, 9.17) is 17.3 Å². The Morgan fingerprint density at radius 3 is 2.71 bits per heavy atom. The van der Waals surface area contributed by atoms with Crippen molar-refractivity contribution in [1.82, 2.24) is 14.8 Å². The van der Waals surface area contributed by atoms with Crippen LogP contribution in [0.4, 0.5) is 5.69 Å². The van der Waals surface area contributed by atoms with Crippen LogP contribution in [0, 0.1) is 0 Å². The van der Waals surface area contributed by atoms with E-state index < -0.39 is 5.54 Å². The van der Waals surface area contributed by atoms with Gasteiger partial charge in [0.25, 0.3) is 0 Å². The first-order chi connectivity index (χ1) is 11.0. The highest BCUT2D eigenvalue weighted by Crippen LogP contribution is 2.34. The summed E-state index contributed by atoms with van der Waals surface area (Å²) in [5.41, 5.74) is 6.06. The highest BCUT2D eigenvalue weighted by molar-refractivity contribution is 7.99. The van der Waals surface area contributed by atoms with Crippen molar-refractivity contribution < 1.29 is 4.79 Å². The number of carbonyl (C=O) groups is 1. The van der Waals surface area contributed by atoms with Crippen LogP contribution in [0.5, 0.6) is 0 Å². The van der Waals surface area contributed by atoms with Crippen LogP contribution in [0.2, 0.25) is 5.02 Å². The van der Waals surface area contributed by atoms with Crippen LogP contribution >= 0.6 is 35.8 Å². The largest absolute Gasteiger partial charge is 0.324 e. The number of rotatable bonds is 4. The molecule has 1 amide bonds. The van der Waals surface area contributed by atoms with Gasteiger partial charge in [-0.1, -0.05) is 24.4 Å². The average Bonchev–Trinajstić information content (AvgIpc) is 3.12. The first-order valence-corrected chi connectivity index (χ1v) is 8.59. The second-order valence-corrected chi connectivity index (χ2v) is 7.21. The lowest BCUT2D eigenvalue weighted by molar-refractivity contribution is -0.121. The molecular formula is C15H19Cl2N5OS. The van der Waals surface area contributed by atoms with Crippen molar-refractivity contribution >= 4 is 47.4 Å². The lowest BCUT2D eigenvalue weighted by atomic mass is 9.98. The Hall–Kier alpha value is -1.28. The SMILES string of the molecule is Cl.Cn1cnnc1Sc1ccc(NC(=O)C2(N)CCCC2)cc1Cl. The number of amides is 1. The van der Waals surface area contributed by atoms with Gasteiger partial charge in [0.2, 0.25) is 5.91 Å². The van der Waals surface area contributed by atoms with E-state index in [2.05, 4.69) is 15.5 Å². The number of nitrogens with zero attached hydrogens (tertiary/aromatic N) is 3.